The summed E-state index contributed by atoms with van der Waals surface area (Å²) in [5.41, 5.74) is 2.92. The van der Waals surface area contributed by atoms with Crippen molar-refractivity contribution in [1.29, 1.82) is 0 Å². The summed E-state index contributed by atoms with van der Waals surface area (Å²) in [5, 5.41) is 12.5. The van der Waals surface area contributed by atoms with Crippen LogP contribution in [0.25, 0.3) is 10.8 Å². The van der Waals surface area contributed by atoms with E-state index < -0.39 is 28.7 Å². The van der Waals surface area contributed by atoms with Crippen LogP contribution in [-0.4, -0.2) is 27.1 Å². The van der Waals surface area contributed by atoms with E-state index in [2.05, 4.69) is 32.7 Å². The average molecular weight is 478 g/mol. The van der Waals surface area contributed by atoms with Crippen molar-refractivity contribution in [3.63, 3.8) is 0 Å². The van der Waals surface area contributed by atoms with Gasteiger partial charge in [0.05, 0.1) is 0 Å². The number of ether oxygens (including phenoxy) is 2. The van der Waals surface area contributed by atoms with E-state index in [-0.39, 0.29) is 5.88 Å². The molecule has 3 rings (SSSR count). The second-order valence-corrected chi connectivity index (χ2v) is 9.27. The number of allylic oxidation sites excluding steroid dienone is 3. The Balaban J connectivity index is 2.22. The molecule has 0 saturated heterocycles. The molecule has 1 aliphatic rings. The van der Waals surface area contributed by atoms with Crippen LogP contribution in [0.15, 0.2) is 31.2 Å². The molecule has 2 aromatic rings. The Hall–Kier alpha value is -1.04. The standard InChI is InChI=1S/C19H19BrNO3.Y/c1-6-16-14-10-18(24-5)17(23-4)9-13(14)15(19(22)21-16)8-11(2)7-12(3)20;/h2-3,7,9-10H,6,8H2,1,4-5H3,(H,21,22);. The molecule has 1 aromatic heterocycles. The van der Waals surface area contributed by atoms with Gasteiger partial charge in [0, 0.05) is 0 Å². The quantitative estimate of drug-likeness (QED) is 0.703. The minimum atomic E-state index is -0.801. The molecule has 25 heavy (non-hydrogen) atoms. The Labute approximate surface area is 170 Å². The van der Waals surface area contributed by atoms with Crippen molar-refractivity contribution in [3.8, 4) is 17.4 Å². The van der Waals surface area contributed by atoms with Gasteiger partial charge >= 0.3 is 172 Å². The number of hydrogen-bond donors (Lipinski definition) is 1. The predicted molar refractivity (Wildman–Crippen MR) is 101 cm³/mol. The number of methoxy groups -OCH3 is 2. The van der Waals surface area contributed by atoms with Crippen LogP contribution in [0.1, 0.15) is 18.2 Å². The molecule has 1 aliphatic heterocycles. The minimum absolute atomic E-state index is 0.101. The van der Waals surface area contributed by atoms with E-state index in [0.717, 1.165) is 32.9 Å². The Kier molecular flexibility index (Phi) is 6.08. The molecule has 0 bridgehead atoms. The van der Waals surface area contributed by atoms with Crippen LogP contribution < -0.4 is 9.47 Å². The molecule has 0 fully saturated rings. The van der Waals surface area contributed by atoms with Crippen LogP contribution >= 0.6 is 15.9 Å². The number of hydrogen-bond acceptors (Lipinski definition) is 4. The zero-order chi connectivity index (χ0) is 18.0. The Bertz CT molecular complexity index is 919. The second-order valence-electron chi connectivity index (χ2n) is 5.77. The second kappa shape index (κ2) is 8.11. The van der Waals surface area contributed by atoms with E-state index >= 15 is 0 Å². The average Bonchev–Trinajstić information content (AvgIpc) is 2.62. The van der Waals surface area contributed by atoms with E-state index in [4.69, 9.17) is 9.47 Å². The van der Waals surface area contributed by atoms with Gasteiger partial charge in [0.1, 0.15) is 0 Å². The third kappa shape index (κ3) is 3.89. The van der Waals surface area contributed by atoms with E-state index in [1.54, 1.807) is 14.2 Å². The fraction of sp³-hybridized carbons (Fsp3) is 0.263. The number of halogens is 1. The molecule has 0 amide bonds. The Morgan fingerprint density at radius 2 is 1.84 bits per heavy atom. The number of benzene rings is 1. The van der Waals surface area contributed by atoms with Gasteiger partial charge in [0.15, 0.2) is 0 Å². The van der Waals surface area contributed by atoms with Gasteiger partial charge in [-0.05, 0) is 0 Å². The number of nitrogens with zero attached hydrogens (tertiary/aromatic N) is 1. The van der Waals surface area contributed by atoms with E-state index in [0.29, 0.717) is 17.9 Å². The summed E-state index contributed by atoms with van der Waals surface area (Å²) in [7, 11) is 3.25. The first-order valence-electron chi connectivity index (χ1n) is 8.08. The SMILES string of the molecule is CCc1nc(O)c(CC2=CC(Br)=[CH][Y]=[CH]2)c2cc(OC)c(OC)cc12. The normalized spacial score (nSPS) is 13.3. The molecular weight excluding hydrogens is 459 g/mol. The summed E-state index contributed by atoms with van der Waals surface area (Å²) in [6.45, 7) is 2.03. The predicted octanol–water partition coefficient (Wildman–Crippen LogP) is 4.12. The Morgan fingerprint density at radius 3 is 2.44 bits per heavy atom. The number of aromatic nitrogens is 1. The summed E-state index contributed by atoms with van der Waals surface area (Å²) in [6.07, 6.45) is 3.51. The zero-order valence-electron chi connectivity index (χ0n) is 14.5. The fourth-order valence-corrected chi connectivity index (χ4v) is 6.29. The van der Waals surface area contributed by atoms with Gasteiger partial charge in [-0.25, -0.2) is 0 Å². The molecule has 1 N–H and O–H groups in total. The van der Waals surface area contributed by atoms with Crippen LogP contribution in [0.4, 0.5) is 0 Å². The summed E-state index contributed by atoms with van der Waals surface area (Å²) < 4.78 is 16.7. The topological polar surface area (TPSA) is 51.6 Å². The maximum atomic E-state index is 10.6. The van der Waals surface area contributed by atoms with Gasteiger partial charge in [0.2, 0.25) is 0 Å². The molecule has 2 heterocycles. The van der Waals surface area contributed by atoms with Crippen molar-refractivity contribution in [2.45, 2.75) is 19.8 Å². The van der Waals surface area contributed by atoms with Crippen LogP contribution in [0.2, 0.25) is 0 Å². The summed E-state index contributed by atoms with van der Waals surface area (Å²) in [6, 6.07) is 3.90. The summed E-state index contributed by atoms with van der Waals surface area (Å²) >= 11 is 2.77. The van der Waals surface area contributed by atoms with Gasteiger partial charge in [-0.2, -0.15) is 0 Å². The number of fused-ring (bicyclic) bond motifs is 1. The monoisotopic (exact) mass is 477 g/mol. The van der Waals surface area contributed by atoms with Crippen molar-refractivity contribution in [3.05, 3.63) is 42.4 Å². The van der Waals surface area contributed by atoms with Crippen LogP contribution in [-0.2, 0) is 41.5 Å². The van der Waals surface area contributed by atoms with E-state index in [1.807, 2.05) is 19.1 Å². The molecule has 0 saturated carbocycles. The Morgan fingerprint density at radius 1 is 1.16 bits per heavy atom. The van der Waals surface area contributed by atoms with Crippen LogP contribution in [0.3, 0.4) is 0 Å². The van der Waals surface area contributed by atoms with Gasteiger partial charge in [-0.3, -0.25) is 0 Å². The number of aromatic hydroxyl groups is 1. The third-order valence-corrected chi connectivity index (χ3v) is 8.85. The number of pyridine rings is 1. The van der Waals surface area contributed by atoms with Crippen molar-refractivity contribution < 1.29 is 43.3 Å². The van der Waals surface area contributed by atoms with Crippen molar-refractivity contribution in [2.75, 3.05) is 14.2 Å². The molecule has 1 aromatic carbocycles. The van der Waals surface area contributed by atoms with Crippen LogP contribution in [0.5, 0.6) is 17.4 Å². The van der Waals surface area contributed by atoms with Gasteiger partial charge in [0.25, 0.3) is 0 Å². The van der Waals surface area contributed by atoms with E-state index in [9.17, 15) is 5.11 Å². The molecule has 0 radical (unpaired) electrons. The van der Waals surface area contributed by atoms with Crippen molar-refractivity contribution in [2.24, 2.45) is 0 Å². The van der Waals surface area contributed by atoms with E-state index in [1.165, 1.54) is 5.57 Å². The van der Waals surface area contributed by atoms with Gasteiger partial charge in [-0.15, -0.1) is 0 Å². The van der Waals surface area contributed by atoms with Gasteiger partial charge < -0.3 is 0 Å². The molecule has 0 spiro atoms. The molecule has 0 atom stereocenters. The van der Waals surface area contributed by atoms with Gasteiger partial charge in [-0.1, -0.05) is 0 Å². The first kappa shape index (κ1) is 18.7. The third-order valence-electron chi connectivity index (χ3n) is 4.28. The number of aryl methyl sites for hydroxylation is 1. The first-order valence-corrected chi connectivity index (χ1v) is 12.1. The number of rotatable bonds is 5. The molecular formula is C19H19BrNO3Y. The maximum absolute atomic E-state index is 10.6. The first-order chi connectivity index (χ1) is 12.1. The molecule has 4 nitrogen and oxygen atoms in total. The zero-order valence-corrected chi connectivity index (χ0v) is 18.9. The fourth-order valence-electron chi connectivity index (χ4n) is 3.04. The summed E-state index contributed by atoms with van der Waals surface area (Å²) in [5.74, 6) is 1.43. The molecule has 0 unspecified atom stereocenters. The van der Waals surface area contributed by atoms with Crippen molar-refractivity contribution in [1.82, 2.24) is 4.98 Å². The summed E-state index contributed by atoms with van der Waals surface area (Å²) in [4.78, 5) is 4.44. The molecule has 6 heteroatoms. The van der Waals surface area contributed by atoms with Crippen LogP contribution in [0, 0.1) is 0 Å². The molecule has 0 aliphatic carbocycles. The van der Waals surface area contributed by atoms with Crippen molar-refractivity contribution >= 4 is 29.5 Å². The molecule has 128 valence electrons.